The Balaban J connectivity index is 1.34. The van der Waals surface area contributed by atoms with E-state index in [9.17, 15) is 14.0 Å². The van der Waals surface area contributed by atoms with Crippen molar-refractivity contribution >= 4 is 39.9 Å². The van der Waals surface area contributed by atoms with Crippen molar-refractivity contribution in [3.05, 3.63) is 85.2 Å². The van der Waals surface area contributed by atoms with Gasteiger partial charge in [-0.3, -0.25) is 14.5 Å². The average molecular weight is 554 g/mol. The van der Waals surface area contributed by atoms with E-state index >= 15 is 0 Å². The maximum Gasteiger partial charge on any atom is 0.323 e. The van der Waals surface area contributed by atoms with Gasteiger partial charge in [0.15, 0.2) is 0 Å². The second-order valence-electron chi connectivity index (χ2n) is 10.3. The molecule has 10 nitrogen and oxygen atoms in total. The summed E-state index contributed by atoms with van der Waals surface area (Å²) in [5, 5.41) is 14.6. The summed E-state index contributed by atoms with van der Waals surface area (Å²) in [4.78, 5) is 32.4. The number of fused-ring (bicyclic) bond motifs is 1. The lowest BCUT2D eigenvalue weighted by Gasteiger charge is -2.18. The molecule has 0 radical (unpaired) electrons. The van der Waals surface area contributed by atoms with E-state index in [1.54, 1.807) is 29.3 Å². The highest BCUT2D eigenvalue weighted by Gasteiger charge is 2.21. The summed E-state index contributed by atoms with van der Waals surface area (Å²) in [5.74, 6) is -0.103. The van der Waals surface area contributed by atoms with Crippen LogP contribution >= 0.6 is 0 Å². The van der Waals surface area contributed by atoms with Gasteiger partial charge >= 0.3 is 6.03 Å². The van der Waals surface area contributed by atoms with Crippen LogP contribution in [0.3, 0.4) is 0 Å². The number of carbonyl (C=O) groups is 2. The first-order chi connectivity index (χ1) is 19.5. The number of urea groups is 1. The van der Waals surface area contributed by atoms with Crippen LogP contribution in [-0.2, 0) is 10.3 Å². The summed E-state index contributed by atoms with van der Waals surface area (Å²) in [6.45, 7) is 7.38. The zero-order chi connectivity index (χ0) is 29.1. The quantitative estimate of drug-likeness (QED) is 0.213. The number of halogens is 1. The van der Waals surface area contributed by atoms with Gasteiger partial charge in [-0.25, -0.2) is 14.2 Å². The van der Waals surface area contributed by atoms with Crippen LogP contribution in [0.2, 0.25) is 0 Å². The predicted octanol–water partition coefficient (Wildman–Crippen LogP) is 6.78. The standard InChI is InChI=1S/C30H28FN7O3/c1-18(39)34-27-15-23(10-12-33-27)41-22-7-8-25(24(31)14-22)35-29(40)36-26-17-38(30(2,3)4)37-28(26)20-5-6-21-16-32-11-9-19(21)13-20/h5-17H,1-4H3,(H,33,34,39)(H2,35,36,40). The number of ether oxygens (including phenoxy) is 1. The molecule has 3 amide bonds. The van der Waals surface area contributed by atoms with E-state index in [0.29, 0.717) is 22.9 Å². The number of anilines is 3. The molecule has 0 spiro atoms. The number of benzene rings is 2. The molecule has 11 heteroatoms. The van der Waals surface area contributed by atoms with E-state index in [2.05, 4.69) is 25.9 Å². The summed E-state index contributed by atoms with van der Waals surface area (Å²) in [6, 6.07) is 14.3. The van der Waals surface area contributed by atoms with Crippen LogP contribution in [0.1, 0.15) is 27.7 Å². The fourth-order valence-corrected chi connectivity index (χ4v) is 4.05. The number of pyridine rings is 2. The van der Waals surface area contributed by atoms with E-state index in [-0.39, 0.29) is 22.9 Å². The van der Waals surface area contributed by atoms with E-state index in [4.69, 9.17) is 9.84 Å². The van der Waals surface area contributed by atoms with Crippen molar-refractivity contribution in [1.29, 1.82) is 0 Å². The second-order valence-corrected chi connectivity index (χ2v) is 10.3. The van der Waals surface area contributed by atoms with Crippen LogP contribution in [0.4, 0.5) is 26.4 Å². The number of nitrogens with zero attached hydrogens (tertiary/aromatic N) is 4. The Labute approximate surface area is 235 Å². The summed E-state index contributed by atoms with van der Waals surface area (Å²) < 4.78 is 22.4. The second kappa shape index (κ2) is 11.0. The third kappa shape index (κ3) is 6.47. The first-order valence-corrected chi connectivity index (χ1v) is 12.8. The van der Waals surface area contributed by atoms with Crippen LogP contribution in [0.5, 0.6) is 11.5 Å². The van der Waals surface area contributed by atoms with Crippen molar-refractivity contribution in [2.45, 2.75) is 33.2 Å². The summed E-state index contributed by atoms with van der Waals surface area (Å²) in [5.41, 5.74) is 1.48. The molecule has 5 rings (SSSR count). The molecule has 5 aromatic rings. The molecule has 0 bridgehead atoms. The maximum atomic E-state index is 14.9. The van der Waals surface area contributed by atoms with Crippen LogP contribution in [0.15, 0.2) is 79.4 Å². The van der Waals surface area contributed by atoms with E-state index in [1.165, 1.54) is 31.3 Å². The van der Waals surface area contributed by atoms with Gasteiger partial charge in [0.2, 0.25) is 5.91 Å². The number of rotatable bonds is 6. The van der Waals surface area contributed by atoms with Crippen molar-refractivity contribution in [2.75, 3.05) is 16.0 Å². The van der Waals surface area contributed by atoms with Crippen LogP contribution in [0, 0.1) is 5.82 Å². The highest BCUT2D eigenvalue weighted by Crippen LogP contribution is 2.32. The first-order valence-electron chi connectivity index (χ1n) is 12.8. The number of hydrogen-bond acceptors (Lipinski definition) is 6. The number of aromatic nitrogens is 4. The zero-order valence-corrected chi connectivity index (χ0v) is 22.9. The molecule has 0 fully saturated rings. The molecule has 0 aliphatic rings. The van der Waals surface area contributed by atoms with Gasteiger partial charge in [-0.1, -0.05) is 12.1 Å². The Hall–Kier alpha value is -5.32. The van der Waals surface area contributed by atoms with Crippen LogP contribution < -0.4 is 20.7 Å². The Kier molecular flexibility index (Phi) is 7.34. The van der Waals surface area contributed by atoms with Crippen molar-refractivity contribution in [3.8, 4) is 22.8 Å². The molecule has 3 N–H and O–H groups in total. The molecule has 3 heterocycles. The Morgan fingerprint density at radius 3 is 2.41 bits per heavy atom. The minimum atomic E-state index is -0.692. The van der Waals surface area contributed by atoms with Crippen LogP contribution in [0.25, 0.3) is 22.0 Å². The number of carbonyl (C=O) groups excluding carboxylic acids is 2. The van der Waals surface area contributed by atoms with Crippen molar-refractivity contribution < 1.29 is 18.7 Å². The van der Waals surface area contributed by atoms with E-state index < -0.39 is 11.8 Å². The highest BCUT2D eigenvalue weighted by atomic mass is 19.1. The van der Waals surface area contributed by atoms with Gasteiger partial charge in [0.25, 0.3) is 0 Å². The third-order valence-corrected chi connectivity index (χ3v) is 6.02. The SMILES string of the molecule is CC(=O)Nc1cc(Oc2ccc(NC(=O)Nc3cn(C(C)(C)C)nc3-c3ccc4cnccc4c3)c(F)c2)ccn1. The molecule has 0 atom stereocenters. The van der Waals surface area contributed by atoms with Gasteiger partial charge in [-0.2, -0.15) is 5.10 Å². The lowest BCUT2D eigenvalue weighted by molar-refractivity contribution is -0.114. The van der Waals surface area contributed by atoms with E-state index in [0.717, 1.165) is 22.4 Å². The summed E-state index contributed by atoms with van der Waals surface area (Å²) in [6.07, 6.45) is 6.72. The van der Waals surface area contributed by atoms with Gasteiger partial charge in [0.1, 0.15) is 28.8 Å². The minimum absolute atomic E-state index is 0.0357. The molecule has 3 aromatic heterocycles. The highest BCUT2D eigenvalue weighted by molar-refractivity contribution is 6.02. The van der Waals surface area contributed by atoms with Gasteiger partial charge < -0.3 is 20.7 Å². The normalized spacial score (nSPS) is 11.2. The van der Waals surface area contributed by atoms with Gasteiger partial charge in [-0.15, -0.1) is 0 Å². The summed E-state index contributed by atoms with van der Waals surface area (Å²) >= 11 is 0. The Morgan fingerprint density at radius 2 is 1.66 bits per heavy atom. The summed E-state index contributed by atoms with van der Waals surface area (Å²) in [7, 11) is 0. The number of hydrogen-bond donors (Lipinski definition) is 3. The third-order valence-electron chi connectivity index (χ3n) is 6.02. The monoisotopic (exact) mass is 553 g/mol. The molecule has 0 aliphatic carbocycles. The van der Waals surface area contributed by atoms with Crippen molar-refractivity contribution in [2.24, 2.45) is 0 Å². The van der Waals surface area contributed by atoms with E-state index in [1.807, 2.05) is 45.0 Å². The van der Waals surface area contributed by atoms with Crippen LogP contribution in [-0.4, -0.2) is 31.7 Å². The maximum absolute atomic E-state index is 14.9. The Bertz CT molecular complexity index is 1760. The van der Waals surface area contributed by atoms with Gasteiger partial charge in [-0.05, 0) is 56.5 Å². The number of nitrogens with one attached hydrogen (secondary N) is 3. The average Bonchev–Trinajstić information content (AvgIpc) is 3.34. The molecule has 0 unspecified atom stereocenters. The van der Waals surface area contributed by atoms with Crippen molar-refractivity contribution in [1.82, 2.24) is 19.7 Å². The molecule has 41 heavy (non-hydrogen) atoms. The fourth-order valence-electron chi connectivity index (χ4n) is 4.05. The molecular formula is C30H28FN7O3. The molecule has 2 aromatic carbocycles. The predicted molar refractivity (Wildman–Crippen MR) is 156 cm³/mol. The first kappa shape index (κ1) is 27.3. The van der Waals surface area contributed by atoms with Crippen molar-refractivity contribution in [3.63, 3.8) is 0 Å². The fraction of sp³-hybridized carbons (Fsp3) is 0.167. The molecule has 0 saturated heterocycles. The molecular weight excluding hydrogens is 525 g/mol. The Morgan fingerprint density at radius 1 is 0.878 bits per heavy atom. The van der Waals surface area contributed by atoms with Gasteiger partial charge in [0, 0.05) is 54.8 Å². The minimum Gasteiger partial charge on any atom is -0.457 e. The lowest BCUT2D eigenvalue weighted by atomic mass is 10.1. The van der Waals surface area contributed by atoms with Gasteiger partial charge in [0.05, 0.1) is 16.9 Å². The largest absolute Gasteiger partial charge is 0.457 e. The topological polar surface area (TPSA) is 123 Å². The molecule has 0 saturated carbocycles. The number of amides is 3. The smallest absolute Gasteiger partial charge is 0.323 e. The lowest BCUT2D eigenvalue weighted by Crippen LogP contribution is -2.22. The molecule has 0 aliphatic heterocycles. The molecule has 208 valence electrons. The zero-order valence-electron chi connectivity index (χ0n) is 22.9.